The van der Waals surface area contributed by atoms with Crippen LogP contribution in [0.3, 0.4) is 0 Å². The summed E-state index contributed by atoms with van der Waals surface area (Å²) in [5, 5.41) is 15.9. The Bertz CT molecular complexity index is 1080. The smallest absolute Gasteiger partial charge is 0.174 e. The van der Waals surface area contributed by atoms with E-state index in [0.29, 0.717) is 17.1 Å². The van der Waals surface area contributed by atoms with E-state index in [1.165, 1.54) is 29.3 Å². The van der Waals surface area contributed by atoms with Crippen molar-refractivity contribution in [2.45, 2.75) is 32.1 Å². The van der Waals surface area contributed by atoms with E-state index < -0.39 is 0 Å². The van der Waals surface area contributed by atoms with Crippen LogP contribution in [0.5, 0.6) is 0 Å². The van der Waals surface area contributed by atoms with Gasteiger partial charge < -0.3 is 26.7 Å². The van der Waals surface area contributed by atoms with Gasteiger partial charge in [0.2, 0.25) is 0 Å². The lowest BCUT2D eigenvalue weighted by atomic mass is 9.82. The van der Waals surface area contributed by atoms with E-state index in [-0.39, 0.29) is 0 Å². The molecule has 0 fully saturated rings. The molecule has 1 aliphatic rings. The number of fused-ring (bicyclic) bond motifs is 1. The summed E-state index contributed by atoms with van der Waals surface area (Å²) >= 11 is 0. The van der Waals surface area contributed by atoms with Crippen molar-refractivity contribution in [3.8, 4) is 0 Å². The molecule has 144 valence electrons. The summed E-state index contributed by atoms with van der Waals surface area (Å²) in [5.41, 5.74) is 20.2. The fourth-order valence-electron chi connectivity index (χ4n) is 4.15. The molecular formula is C22H25N5O. The van der Waals surface area contributed by atoms with Crippen LogP contribution in [-0.4, -0.2) is 18.4 Å². The molecule has 0 saturated heterocycles. The number of nitrogen functional groups attached to an aromatic ring is 2. The quantitative estimate of drug-likeness (QED) is 0.384. The van der Waals surface area contributed by atoms with Gasteiger partial charge in [-0.3, -0.25) is 0 Å². The van der Waals surface area contributed by atoms with Crippen molar-refractivity contribution in [2.24, 2.45) is 0 Å². The van der Waals surface area contributed by atoms with Crippen molar-refractivity contribution in [1.82, 2.24) is 5.16 Å². The summed E-state index contributed by atoms with van der Waals surface area (Å²) in [6.07, 6.45) is 6.56. The molecule has 1 heterocycles. The largest absolute Gasteiger partial charge is 0.398 e. The normalized spacial score (nSPS) is 14.5. The highest BCUT2D eigenvalue weighted by Crippen LogP contribution is 2.40. The van der Waals surface area contributed by atoms with E-state index in [4.69, 9.17) is 21.4 Å². The minimum atomic E-state index is 0.425. The van der Waals surface area contributed by atoms with Gasteiger partial charge in [0.15, 0.2) is 11.4 Å². The SMILES string of the molecule is CNc1ccc(N)c(C=N)c1C1=C(Cc2ccc3onc(N)c3c2)CCCC1. The predicted molar refractivity (Wildman–Crippen MR) is 116 cm³/mol. The molecule has 1 aromatic heterocycles. The van der Waals surface area contributed by atoms with Gasteiger partial charge in [-0.25, -0.2) is 0 Å². The Kier molecular flexibility index (Phi) is 4.77. The first kappa shape index (κ1) is 18.1. The summed E-state index contributed by atoms with van der Waals surface area (Å²) in [7, 11) is 1.91. The first-order valence-corrected chi connectivity index (χ1v) is 9.58. The van der Waals surface area contributed by atoms with Crippen molar-refractivity contribution in [2.75, 3.05) is 23.8 Å². The zero-order valence-corrected chi connectivity index (χ0v) is 16.0. The second-order valence-electron chi connectivity index (χ2n) is 7.25. The predicted octanol–water partition coefficient (Wildman–Crippen LogP) is 4.60. The van der Waals surface area contributed by atoms with Crippen LogP contribution in [0.2, 0.25) is 0 Å². The van der Waals surface area contributed by atoms with Crippen LogP contribution in [-0.2, 0) is 6.42 Å². The van der Waals surface area contributed by atoms with Crippen LogP contribution in [0.4, 0.5) is 17.2 Å². The number of anilines is 3. The van der Waals surface area contributed by atoms with Gasteiger partial charge in [-0.1, -0.05) is 16.8 Å². The average Bonchev–Trinajstić information content (AvgIpc) is 3.08. The van der Waals surface area contributed by atoms with Crippen molar-refractivity contribution >= 4 is 39.9 Å². The Morgan fingerprint density at radius 1 is 1.18 bits per heavy atom. The number of hydrogen-bond acceptors (Lipinski definition) is 6. The van der Waals surface area contributed by atoms with Crippen LogP contribution in [0.1, 0.15) is 42.4 Å². The second kappa shape index (κ2) is 7.38. The maximum Gasteiger partial charge on any atom is 0.174 e. The minimum Gasteiger partial charge on any atom is -0.398 e. The lowest BCUT2D eigenvalue weighted by Gasteiger charge is -2.25. The van der Waals surface area contributed by atoms with Crippen LogP contribution in [0.15, 0.2) is 40.4 Å². The topological polar surface area (TPSA) is 114 Å². The van der Waals surface area contributed by atoms with Gasteiger partial charge in [-0.15, -0.1) is 0 Å². The maximum atomic E-state index is 7.91. The first-order chi connectivity index (χ1) is 13.6. The molecule has 0 aliphatic heterocycles. The molecule has 2 aromatic carbocycles. The lowest BCUT2D eigenvalue weighted by molar-refractivity contribution is 0.460. The highest BCUT2D eigenvalue weighted by Gasteiger charge is 2.21. The molecule has 28 heavy (non-hydrogen) atoms. The molecule has 0 radical (unpaired) electrons. The van der Waals surface area contributed by atoms with Gasteiger partial charge in [0.25, 0.3) is 0 Å². The monoisotopic (exact) mass is 375 g/mol. The van der Waals surface area contributed by atoms with E-state index >= 15 is 0 Å². The lowest BCUT2D eigenvalue weighted by Crippen LogP contribution is -2.09. The Morgan fingerprint density at radius 3 is 2.79 bits per heavy atom. The minimum absolute atomic E-state index is 0.425. The summed E-state index contributed by atoms with van der Waals surface area (Å²) < 4.78 is 5.22. The summed E-state index contributed by atoms with van der Waals surface area (Å²) in [6, 6.07) is 9.93. The van der Waals surface area contributed by atoms with Gasteiger partial charge in [0, 0.05) is 35.8 Å². The maximum absolute atomic E-state index is 7.91. The number of rotatable bonds is 5. The zero-order valence-electron chi connectivity index (χ0n) is 16.0. The van der Waals surface area contributed by atoms with Gasteiger partial charge in [0.05, 0.1) is 5.39 Å². The van der Waals surface area contributed by atoms with Crippen molar-refractivity contribution in [3.63, 3.8) is 0 Å². The number of aromatic nitrogens is 1. The molecule has 6 N–H and O–H groups in total. The Labute approximate surface area is 164 Å². The highest BCUT2D eigenvalue weighted by atomic mass is 16.5. The molecular weight excluding hydrogens is 350 g/mol. The molecule has 6 nitrogen and oxygen atoms in total. The molecule has 0 atom stereocenters. The molecule has 4 rings (SSSR count). The Balaban J connectivity index is 1.83. The number of nitrogens with one attached hydrogen (secondary N) is 2. The zero-order chi connectivity index (χ0) is 19.7. The van der Waals surface area contributed by atoms with Gasteiger partial charge in [0.1, 0.15) is 0 Å². The average molecular weight is 375 g/mol. The van der Waals surface area contributed by atoms with Crippen molar-refractivity contribution in [1.29, 1.82) is 5.41 Å². The molecule has 0 saturated carbocycles. The Morgan fingerprint density at radius 2 is 2.00 bits per heavy atom. The van der Waals surface area contributed by atoms with Gasteiger partial charge in [-0.05, 0) is 67.5 Å². The summed E-state index contributed by atoms with van der Waals surface area (Å²) in [5.74, 6) is 0.425. The van der Waals surface area contributed by atoms with E-state index in [1.54, 1.807) is 0 Å². The number of nitrogens with two attached hydrogens (primary N) is 2. The van der Waals surface area contributed by atoms with Crippen LogP contribution >= 0.6 is 0 Å². The molecule has 1 aliphatic carbocycles. The van der Waals surface area contributed by atoms with Crippen LogP contribution in [0.25, 0.3) is 16.5 Å². The summed E-state index contributed by atoms with van der Waals surface area (Å²) in [4.78, 5) is 0. The van der Waals surface area contributed by atoms with Gasteiger partial charge in [-0.2, -0.15) is 0 Å². The fraction of sp³-hybridized carbons (Fsp3) is 0.273. The molecule has 3 aromatic rings. The van der Waals surface area contributed by atoms with Crippen molar-refractivity contribution < 1.29 is 4.52 Å². The number of hydrogen-bond donors (Lipinski definition) is 4. The van der Waals surface area contributed by atoms with E-state index in [0.717, 1.165) is 47.9 Å². The van der Waals surface area contributed by atoms with Crippen molar-refractivity contribution in [3.05, 3.63) is 52.6 Å². The third-order valence-corrected chi connectivity index (χ3v) is 5.56. The highest BCUT2D eigenvalue weighted by molar-refractivity contribution is 5.98. The first-order valence-electron chi connectivity index (χ1n) is 9.58. The standard InChI is InChI=1S/C22H25N5O/c1-26-19-8-7-18(24)17(12-23)21(19)15-5-3-2-4-14(15)10-13-6-9-20-16(11-13)22(25)27-28-20/h6-9,11-12,23,26H,2-5,10,24H2,1H3,(H2,25,27). The Hall–Kier alpha value is -3.28. The molecule has 6 heteroatoms. The van der Waals surface area contributed by atoms with E-state index in [2.05, 4.69) is 22.6 Å². The number of benzene rings is 2. The van der Waals surface area contributed by atoms with Crippen LogP contribution in [0, 0.1) is 5.41 Å². The summed E-state index contributed by atoms with van der Waals surface area (Å²) in [6.45, 7) is 0. The third-order valence-electron chi connectivity index (χ3n) is 5.56. The fourth-order valence-corrected chi connectivity index (χ4v) is 4.15. The van der Waals surface area contributed by atoms with E-state index in [9.17, 15) is 0 Å². The third kappa shape index (κ3) is 3.11. The number of allylic oxidation sites excluding steroid dienone is 2. The molecule has 0 amide bonds. The molecule has 0 unspecified atom stereocenters. The van der Waals surface area contributed by atoms with Gasteiger partial charge >= 0.3 is 0 Å². The number of nitrogens with zero attached hydrogens (tertiary/aromatic N) is 1. The molecule has 0 spiro atoms. The van der Waals surface area contributed by atoms with Crippen LogP contribution < -0.4 is 16.8 Å². The van der Waals surface area contributed by atoms with E-state index in [1.807, 2.05) is 25.2 Å². The second-order valence-corrected chi connectivity index (χ2v) is 7.25. The molecule has 0 bridgehead atoms.